The fourth-order valence-electron chi connectivity index (χ4n) is 4.10. The smallest absolute Gasteiger partial charge is 0.254 e. The van der Waals surface area contributed by atoms with Crippen LogP contribution in [-0.2, 0) is 4.79 Å². The minimum atomic E-state index is -0.361. The molecule has 2 aromatic rings. The number of phenolic OH excluding ortho intramolecular Hbond substituents is 1. The third-order valence-electron chi connectivity index (χ3n) is 5.61. The normalized spacial score (nSPS) is 19.7. The van der Waals surface area contributed by atoms with Gasteiger partial charge in [0.25, 0.3) is 5.91 Å². The molecule has 2 aliphatic heterocycles. The van der Waals surface area contributed by atoms with E-state index in [0.29, 0.717) is 38.3 Å². The molecule has 28 heavy (non-hydrogen) atoms. The predicted octanol–water partition coefficient (Wildman–Crippen LogP) is 2.35. The molecule has 0 saturated carbocycles. The summed E-state index contributed by atoms with van der Waals surface area (Å²) in [6.07, 6.45) is 1.59. The van der Waals surface area contributed by atoms with Crippen LogP contribution in [0.2, 0.25) is 0 Å². The van der Waals surface area contributed by atoms with Crippen LogP contribution < -0.4 is 4.90 Å². The van der Waals surface area contributed by atoms with Gasteiger partial charge in [-0.2, -0.15) is 0 Å². The van der Waals surface area contributed by atoms with Crippen molar-refractivity contribution in [3.05, 3.63) is 60.2 Å². The molecule has 6 nitrogen and oxygen atoms in total. The number of anilines is 1. The third kappa shape index (κ3) is 3.67. The van der Waals surface area contributed by atoms with Crippen LogP contribution in [0.5, 0.6) is 5.75 Å². The molecular formula is C22H25N3O3. The largest absolute Gasteiger partial charge is 0.508 e. The van der Waals surface area contributed by atoms with Crippen LogP contribution in [0.25, 0.3) is 0 Å². The first-order valence-electron chi connectivity index (χ1n) is 9.82. The Kier molecular flexibility index (Phi) is 5.19. The molecule has 2 heterocycles. The summed E-state index contributed by atoms with van der Waals surface area (Å²) in [4.78, 5) is 31.7. The number of piperazine rings is 1. The molecule has 1 atom stereocenters. The topological polar surface area (TPSA) is 64.1 Å². The van der Waals surface area contributed by atoms with Crippen molar-refractivity contribution in [3.63, 3.8) is 0 Å². The lowest BCUT2D eigenvalue weighted by molar-refractivity contribution is -0.135. The number of phenols is 1. The number of hydrogen-bond acceptors (Lipinski definition) is 4. The fourth-order valence-corrected chi connectivity index (χ4v) is 4.10. The van der Waals surface area contributed by atoms with Crippen LogP contribution in [0.4, 0.5) is 5.69 Å². The van der Waals surface area contributed by atoms with Crippen molar-refractivity contribution in [2.24, 2.45) is 0 Å². The highest BCUT2D eigenvalue weighted by atomic mass is 16.3. The number of likely N-dealkylation sites (tertiary alicyclic amines) is 1. The summed E-state index contributed by atoms with van der Waals surface area (Å²) in [6.45, 7) is 3.31. The van der Waals surface area contributed by atoms with Gasteiger partial charge in [-0.1, -0.05) is 24.3 Å². The SMILES string of the molecule is O=C([C@H]1CCCN1C(=O)c1ccccc1)N1CCN(c2cccc(O)c2)CC1. The zero-order chi connectivity index (χ0) is 19.5. The average Bonchev–Trinajstić information content (AvgIpc) is 3.23. The molecule has 2 aromatic carbocycles. The summed E-state index contributed by atoms with van der Waals surface area (Å²) in [5, 5.41) is 9.67. The van der Waals surface area contributed by atoms with Gasteiger partial charge in [0.1, 0.15) is 11.8 Å². The number of carbonyl (C=O) groups is 2. The maximum absolute atomic E-state index is 13.1. The van der Waals surface area contributed by atoms with Crippen LogP contribution in [0, 0.1) is 0 Å². The van der Waals surface area contributed by atoms with Crippen molar-refractivity contribution >= 4 is 17.5 Å². The third-order valence-corrected chi connectivity index (χ3v) is 5.61. The van der Waals surface area contributed by atoms with Gasteiger partial charge in [-0.15, -0.1) is 0 Å². The number of benzene rings is 2. The molecule has 0 unspecified atom stereocenters. The Balaban J connectivity index is 1.40. The van der Waals surface area contributed by atoms with E-state index >= 15 is 0 Å². The summed E-state index contributed by atoms with van der Waals surface area (Å²) in [7, 11) is 0. The number of carbonyl (C=O) groups excluding carboxylic acids is 2. The summed E-state index contributed by atoms with van der Waals surface area (Å²) in [5.74, 6) is 0.240. The van der Waals surface area contributed by atoms with E-state index in [2.05, 4.69) is 4.90 Å². The van der Waals surface area contributed by atoms with E-state index in [-0.39, 0.29) is 23.6 Å². The molecule has 0 aliphatic carbocycles. The molecule has 2 fully saturated rings. The molecule has 6 heteroatoms. The van der Waals surface area contributed by atoms with E-state index in [4.69, 9.17) is 0 Å². The maximum Gasteiger partial charge on any atom is 0.254 e. The average molecular weight is 379 g/mol. The van der Waals surface area contributed by atoms with Gasteiger partial charge in [0, 0.05) is 50.0 Å². The molecule has 0 radical (unpaired) electrons. The zero-order valence-electron chi connectivity index (χ0n) is 15.8. The van der Waals surface area contributed by atoms with Gasteiger partial charge in [0.05, 0.1) is 0 Å². The number of rotatable bonds is 3. The van der Waals surface area contributed by atoms with Crippen molar-refractivity contribution in [1.82, 2.24) is 9.80 Å². The molecule has 0 spiro atoms. The van der Waals surface area contributed by atoms with Crippen LogP contribution in [0.3, 0.4) is 0 Å². The van der Waals surface area contributed by atoms with E-state index in [1.165, 1.54) is 0 Å². The van der Waals surface area contributed by atoms with E-state index in [1.54, 1.807) is 29.2 Å². The first kappa shape index (κ1) is 18.3. The Bertz CT molecular complexity index is 847. The van der Waals surface area contributed by atoms with Gasteiger partial charge in [0.15, 0.2) is 0 Å². The second kappa shape index (κ2) is 7.92. The number of nitrogens with zero attached hydrogens (tertiary/aromatic N) is 3. The van der Waals surface area contributed by atoms with Crippen LogP contribution >= 0.6 is 0 Å². The van der Waals surface area contributed by atoms with Crippen molar-refractivity contribution in [1.29, 1.82) is 0 Å². The van der Waals surface area contributed by atoms with Gasteiger partial charge < -0.3 is 19.8 Å². The molecule has 2 saturated heterocycles. The molecule has 2 aliphatic rings. The first-order valence-corrected chi connectivity index (χ1v) is 9.82. The molecular weight excluding hydrogens is 354 g/mol. The van der Waals surface area contributed by atoms with Crippen molar-refractivity contribution in [2.45, 2.75) is 18.9 Å². The van der Waals surface area contributed by atoms with E-state index in [9.17, 15) is 14.7 Å². The Labute approximate surface area is 165 Å². The second-order valence-electron chi connectivity index (χ2n) is 7.35. The molecule has 2 amide bonds. The van der Waals surface area contributed by atoms with Crippen LogP contribution in [-0.4, -0.2) is 65.5 Å². The van der Waals surface area contributed by atoms with Crippen LogP contribution in [0.1, 0.15) is 23.2 Å². The maximum atomic E-state index is 13.1. The lowest BCUT2D eigenvalue weighted by atomic mass is 10.1. The minimum absolute atomic E-state index is 0.0531. The summed E-state index contributed by atoms with van der Waals surface area (Å²) in [6, 6.07) is 16.0. The van der Waals surface area contributed by atoms with Gasteiger partial charge >= 0.3 is 0 Å². The second-order valence-corrected chi connectivity index (χ2v) is 7.35. The number of hydrogen-bond donors (Lipinski definition) is 1. The van der Waals surface area contributed by atoms with Gasteiger partial charge in [-0.25, -0.2) is 0 Å². The minimum Gasteiger partial charge on any atom is -0.508 e. The highest BCUT2D eigenvalue weighted by Crippen LogP contribution is 2.24. The Morgan fingerprint density at radius 2 is 1.64 bits per heavy atom. The molecule has 0 bridgehead atoms. The predicted molar refractivity (Wildman–Crippen MR) is 107 cm³/mol. The Hall–Kier alpha value is -3.02. The number of aromatic hydroxyl groups is 1. The highest BCUT2D eigenvalue weighted by Gasteiger charge is 2.37. The summed E-state index contributed by atoms with van der Waals surface area (Å²) in [5.41, 5.74) is 1.60. The standard InChI is InChI=1S/C22H25N3O3/c26-19-9-4-8-18(16-19)23-12-14-24(15-13-23)22(28)20-10-5-11-25(20)21(27)17-6-2-1-3-7-17/h1-4,6-9,16,20,26H,5,10-15H2/t20-/m1/s1. The van der Waals surface area contributed by atoms with Crippen LogP contribution in [0.15, 0.2) is 54.6 Å². The molecule has 4 rings (SSSR count). The Morgan fingerprint density at radius 3 is 2.36 bits per heavy atom. The van der Waals surface area contributed by atoms with Crippen molar-refractivity contribution in [3.8, 4) is 5.75 Å². The van der Waals surface area contributed by atoms with Crippen molar-refractivity contribution < 1.29 is 14.7 Å². The number of amides is 2. The van der Waals surface area contributed by atoms with E-state index < -0.39 is 0 Å². The summed E-state index contributed by atoms with van der Waals surface area (Å²) < 4.78 is 0. The Morgan fingerprint density at radius 1 is 0.893 bits per heavy atom. The van der Waals surface area contributed by atoms with E-state index in [1.807, 2.05) is 35.2 Å². The van der Waals surface area contributed by atoms with Gasteiger partial charge in [-0.3, -0.25) is 9.59 Å². The van der Waals surface area contributed by atoms with Gasteiger partial charge in [0.2, 0.25) is 5.91 Å². The monoisotopic (exact) mass is 379 g/mol. The van der Waals surface area contributed by atoms with E-state index in [0.717, 1.165) is 18.5 Å². The summed E-state index contributed by atoms with van der Waals surface area (Å²) >= 11 is 0. The molecule has 0 aromatic heterocycles. The quantitative estimate of drug-likeness (QED) is 0.889. The van der Waals surface area contributed by atoms with Crippen molar-refractivity contribution in [2.75, 3.05) is 37.6 Å². The van der Waals surface area contributed by atoms with Gasteiger partial charge in [-0.05, 0) is 37.1 Å². The lowest BCUT2D eigenvalue weighted by Gasteiger charge is -2.38. The zero-order valence-corrected chi connectivity index (χ0v) is 15.8. The lowest BCUT2D eigenvalue weighted by Crippen LogP contribution is -2.54. The fraction of sp³-hybridized carbons (Fsp3) is 0.364. The highest BCUT2D eigenvalue weighted by molar-refractivity contribution is 5.98. The molecule has 1 N–H and O–H groups in total. The first-order chi connectivity index (χ1) is 13.6. The molecule has 146 valence electrons.